The van der Waals surface area contributed by atoms with E-state index in [1.807, 2.05) is 26.8 Å². The van der Waals surface area contributed by atoms with E-state index in [0.29, 0.717) is 15.2 Å². The number of rotatable bonds is 3. The number of aromatic nitrogens is 1. The molecule has 1 heterocycles. The molecule has 124 valence electrons. The van der Waals surface area contributed by atoms with Gasteiger partial charge in [0.25, 0.3) is 0 Å². The molecule has 0 aliphatic heterocycles. The Bertz CT molecular complexity index is 825. The molecular weight excluding hydrogens is 365 g/mol. The predicted octanol–water partition coefficient (Wildman–Crippen LogP) is 1.32. The molecule has 0 saturated carbocycles. The molecule has 7 heteroatoms. The zero-order valence-electron chi connectivity index (χ0n) is 13.8. The van der Waals surface area contributed by atoms with Crippen molar-refractivity contribution in [3.8, 4) is 0 Å². The topological polar surface area (TPSA) is 74.6 Å². The van der Waals surface area contributed by atoms with Crippen LogP contribution in [0.4, 0.5) is 0 Å². The van der Waals surface area contributed by atoms with Crippen LogP contribution in [0.1, 0.15) is 36.7 Å². The summed E-state index contributed by atoms with van der Waals surface area (Å²) in [4.78, 5) is 36.2. The van der Waals surface area contributed by atoms with Crippen molar-refractivity contribution in [3.63, 3.8) is 0 Å². The Morgan fingerprint density at radius 1 is 1.17 bits per heavy atom. The number of carbonyl (C=O) groups excluding carboxylic acids is 2. The molecule has 0 aliphatic carbocycles. The quantitative estimate of drug-likeness (QED) is 0.590. The van der Waals surface area contributed by atoms with E-state index in [1.165, 1.54) is 17.8 Å². The van der Waals surface area contributed by atoms with Crippen LogP contribution in [0.25, 0.3) is 9.65 Å². The molecule has 0 saturated heterocycles. The Labute approximate surface area is 140 Å². The van der Waals surface area contributed by atoms with Crippen LogP contribution in [0.3, 0.4) is 0 Å². The molecule has 0 unspecified atom stereocenters. The zero-order chi connectivity index (χ0) is 17.4. The molecule has 0 N–H and O–H groups in total. The molecule has 1 aromatic heterocycles. The van der Waals surface area contributed by atoms with Crippen molar-refractivity contribution >= 4 is 36.3 Å². The minimum atomic E-state index is -0.483. The van der Waals surface area contributed by atoms with Gasteiger partial charge in [0.15, 0.2) is 0 Å². The Morgan fingerprint density at radius 3 is 2.35 bits per heavy atom. The molecule has 2 rings (SSSR count). The molecule has 0 radical (unpaired) electrons. The standard InChI is InChI=1S/C16H19NO5Se/c1-16(2,3)9-6-10-13(11(7-9)15(20)22-5)23-17(14(10)19)8-12(18)21-4/h6-7H,8H2,1-5H3. The van der Waals surface area contributed by atoms with Crippen LogP contribution in [0.15, 0.2) is 16.9 Å². The number of ether oxygens (including phenoxy) is 2. The Balaban J connectivity index is 2.76. The van der Waals surface area contributed by atoms with E-state index in [4.69, 9.17) is 4.74 Å². The fourth-order valence-corrected chi connectivity index (χ4v) is 4.37. The van der Waals surface area contributed by atoms with Crippen LogP contribution >= 0.6 is 0 Å². The average Bonchev–Trinajstić information content (AvgIpc) is 2.81. The van der Waals surface area contributed by atoms with E-state index >= 15 is 0 Å². The first-order valence-corrected chi connectivity index (χ1v) is 8.64. The van der Waals surface area contributed by atoms with Crippen molar-refractivity contribution in [1.29, 1.82) is 0 Å². The number of nitrogens with zero attached hydrogens (tertiary/aromatic N) is 1. The van der Waals surface area contributed by atoms with Gasteiger partial charge in [0.1, 0.15) is 0 Å². The molecule has 23 heavy (non-hydrogen) atoms. The third kappa shape index (κ3) is 3.41. The molecule has 0 spiro atoms. The van der Waals surface area contributed by atoms with E-state index in [2.05, 4.69) is 4.74 Å². The van der Waals surface area contributed by atoms with E-state index in [1.54, 1.807) is 6.07 Å². The van der Waals surface area contributed by atoms with Gasteiger partial charge in [-0.1, -0.05) is 0 Å². The maximum absolute atomic E-state index is 12.6. The first-order valence-electron chi connectivity index (χ1n) is 7.02. The van der Waals surface area contributed by atoms with Crippen molar-refractivity contribution in [2.24, 2.45) is 0 Å². The number of hydrogen-bond acceptors (Lipinski definition) is 5. The van der Waals surface area contributed by atoms with Crippen LogP contribution in [-0.4, -0.2) is 44.5 Å². The van der Waals surface area contributed by atoms with Gasteiger partial charge in [0, 0.05) is 0 Å². The van der Waals surface area contributed by atoms with E-state index in [9.17, 15) is 14.4 Å². The SMILES string of the molecule is COC(=O)Cn1[se]c2c(C(=O)OC)cc(C(C)(C)C)cc2c1=O. The summed E-state index contributed by atoms with van der Waals surface area (Å²) in [5.41, 5.74) is 0.805. The van der Waals surface area contributed by atoms with Gasteiger partial charge in [-0.15, -0.1) is 0 Å². The van der Waals surface area contributed by atoms with Gasteiger partial charge < -0.3 is 0 Å². The van der Waals surface area contributed by atoms with Crippen molar-refractivity contribution in [3.05, 3.63) is 33.6 Å². The molecule has 0 atom stereocenters. The number of benzene rings is 1. The van der Waals surface area contributed by atoms with Crippen molar-refractivity contribution < 1.29 is 19.1 Å². The van der Waals surface area contributed by atoms with Gasteiger partial charge in [-0.25, -0.2) is 0 Å². The third-order valence-electron chi connectivity index (χ3n) is 3.52. The second-order valence-electron chi connectivity index (χ2n) is 6.15. The third-order valence-corrected chi connectivity index (χ3v) is 5.91. The van der Waals surface area contributed by atoms with Crippen molar-refractivity contribution in [2.45, 2.75) is 32.7 Å². The summed E-state index contributed by atoms with van der Waals surface area (Å²) in [7, 11) is 2.59. The van der Waals surface area contributed by atoms with Gasteiger partial charge in [-0.05, 0) is 0 Å². The molecule has 0 amide bonds. The first-order chi connectivity index (χ1) is 10.7. The summed E-state index contributed by atoms with van der Waals surface area (Å²) >= 11 is -0.458. The summed E-state index contributed by atoms with van der Waals surface area (Å²) in [6.07, 6.45) is 0. The molecule has 6 nitrogen and oxygen atoms in total. The van der Waals surface area contributed by atoms with Crippen molar-refractivity contribution in [1.82, 2.24) is 3.56 Å². The summed E-state index contributed by atoms with van der Waals surface area (Å²) < 4.78 is 11.6. The van der Waals surface area contributed by atoms with E-state index < -0.39 is 26.7 Å². The Morgan fingerprint density at radius 2 is 1.83 bits per heavy atom. The fourth-order valence-electron chi connectivity index (χ4n) is 2.15. The monoisotopic (exact) mass is 385 g/mol. The van der Waals surface area contributed by atoms with Gasteiger partial charge in [-0.2, -0.15) is 0 Å². The molecule has 0 bridgehead atoms. The first kappa shape index (κ1) is 17.5. The summed E-state index contributed by atoms with van der Waals surface area (Å²) in [5.74, 6) is -0.953. The molecule has 0 aliphatic rings. The van der Waals surface area contributed by atoms with Gasteiger partial charge in [0.2, 0.25) is 0 Å². The summed E-state index contributed by atoms with van der Waals surface area (Å²) in [6.45, 7) is 5.90. The Kier molecular flexibility index (Phi) is 4.82. The van der Waals surface area contributed by atoms with E-state index in [0.717, 1.165) is 5.56 Å². The molecule has 2 aromatic rings. The molecule has 0 fully saturated rings. The van der Waals surface area contributed by atoms with E-state index in [-0.39, 0.29) is 17.5 Å². The van der Waals surface area contributed by atoms with Crippen LogP contribution in [0.5, 0.6) is 0 Å². The average molecular weight is 384 g/mol. The number of fused-ring (bicyclic) bond motifs is 1. The van der Waals surface area contributed by atoms with Crippen LogP contribution < -0.4 is 5.56 Å². The van der Waals surface area contributed by atoms with Gasteiger partial charge in [0.05, 0.1) is 0 Å². The van der Waals surface area contributed by atoms with Gasteiger partial charge >= 0.3 is 140 Å². The second-order valence-corrected chi connectivity index (χ2v) is 8.32. The van der Waals surface area contributed by atoms with Crippen LogP contribution in [0.2, 0.25) is 0 Å². The zero-order valence-corrected chi connectivity index (χ0v) is 15.5. The maximum atomic E-state index is 12.6. The molecule has 1 aromatic carbocycles. The number of methoxy groups -OCH3 is 2. The second kappa shape index (κ2) is 6.34. The van der Waals surface area contributed by atoms with Crippen LogP contribution in [-0.2, 0) is 26.2 Å². The van der Waals surface area contributed by atoms with Crippen LogP contribution in [0, 0.1) is 0 Å². The summed E-state index contributed by atoms with van der Waals surface area (Å²) in [5, 5.41) is 0.474. The van der Waals surface area contributed by atoms with Gasteiger partial charge in [-0.3, -0.25) is 0 Å². The summed E-state index contributed by atoms with van der Waals surface area (Å²) in [6, 6.07) is 3.59. The Hall–Kier alpha value is -1.85. The number of hydrogen-bond donors (Lipinski definition) is 0. The minimum absolute atomic E-state index is 0.116. The predicted molar refractivity (Wildman–Crippen MR) is 87.2 cm³/mol. The number of carbonyl (C=O) groups is 2. The normalized spacial score (nSPS) is 11.5. The fraction of sp³-hybridized carbons (Fsp3) is 0.438. The molecular formula is C16H19NO5Se. The number of esters is 2. The van der Waals surface area contributed by atoms with Crippen molar-refractivity contribution in [2.75, 3.05) is 14.2 Å².